The van der Waals surface area contributed by atoms with Crippen LogP contribution in [0.1, 0.15) is 0 Å². The van der Waals surface area contributed by atoms with Crippen molar-refractivity contribution in [3.8, 4) is 5.75 Å². The number of ether oxygens (including phenoxy) is 1. The van der Waals surface area contributed by atoms with Gasteiger partial charge in [-0.1, -0.05) is 36.4 Å². The molecule has 1 amide bonds. The predicted molar refractivity (Wildman–Crippen MR) is 144 cm³/mol. The Balaban J connectivity index is 1.55. The van der Waals surface area contributed by atoms with Gasteiger partial charge in [0.05, 0.1) is 22.6 Å². The van der Waals surface area contributed by atoms with Gasteiger partial charge in [-0.3, -0.25) is 13.8 Å². The number of hydrogen-bond donors (Lipinski definition) is 2. The van der Waals surface area contributed by atoms with Crippen molar-refractivity contribution < 1.29 is 26.4 Å². The van der Waals surface area contributed by atoms with E-state index in [4.69, 9.17) is 4.74 Å². The van der Waals surface area contributed by atoms with Crippen LogP contribution in [0.15, 0.2) is 113 Å². The number of sulfonamides is 2. The summed E-state index contributed by atoms with van der Waals surface area (Å²) in [4.78, 5) is 16.9. The first-order valence-corrected chi connectivity index (χ1v) is 14.2. The van der Waals surface area contributed by atoms with Crippen LogP contribution >= 0.6 is 0 Å². The Hall–Kier alpha value is -4.42. The molecular formula is C26H24N4O6S2. The standard InChI is InChI=1S/C26H24N4O6S2/c1-36-24-12-6-5-11-23(24)30(38(34,35)22-9-3-2-4-10-22)19-26(31)28-20-14-16-21(17-15-20)37(32,33)29-25-13-7-8-18-27-25/h2-18H,19H2,1H3,(H,27,29)(H,28,31). The monoisotopic (exact) mass is 552 g/mol. The minimum Gasteiger partial charge on any atom is -0.495 e. The van der Waals surface area contributed by atoms with E-state index in [1.807, 2.05) is 0 Å². The number of anilines is 3. The van der Waals surface area contributed by atoms with Gasteiger partial charge in [-0.15, -0.1) is 0 Å². The molecule has 0 spiro atoms. The largest absolute Gasteiger partial charge is 0.495 e. The molecule has 0 bridgehead atoms. The highest BCUT2D eigenvalue weighted by Gasteiger charge is 2.29. The second kappa shape index (κ2) is 11.3. The maximum Gasteiger partial charge on any atom is 0.264 e. The highest BCUT2D eigenvalue weighted by atomic mass is 32.2. The van der Waals surface area contributed by atoms with Gasteiger partial charge in [0, 0.05) is 11.9 Å². The number of carbonyl (C=O) groups is 1. The van der Waals surface area contributed by atoms with E-state index in [1.165, 1.54) is 55.8 Å². The maximum absolute atomic E-state index is 13.5. The van der Waals surface area contributed by atoms with Gasteiger partial charge in [0.25, 0.3) is 20.0 Å². The molecule has 2 N–H and O–H groups in total. The molecule has 0 aliphatic carbocycles. The Bertz CT molecular complexity index is 1610. The van der Waals surface area contributed by atoms with Crippen molar-refractivity contribution in [1.82, 2.24) is 4.98 Å². The van der Waals surface area contributed by atoms with Gasteiger partial charge in [0.15, 0.2) is 0 Å². The van der Waals surface area contributed by atoms with Crippen molar-refractivity contribution in [1.29, 1.82) is 0 Å². The molecule has 0 unspecified atom stereocenters. The summed E-state index contributed by atoms with van der Waals surface area (Å²) in [6.45, 7) is -0.557. The van der Waals surface area contributed by atoms with Gasteiger partial charge in [-0.25, -0.2) is 21.8 Å². The fourth-order valence-corrected chi connectivity index (χ4v) is 5.98. The average molecular weight is 553 g/mol. The first-order chi connectivity index (χ1) is 18.2. The van der Waals surface area contributed by atoms with E-state index in [0.717, 1.165) is 4.31 Å². The Morgan fingerprint density at radius 2 is 1.47 bits per heavy atom. The molecular weight excluding hydrogens is 528 g/mol. The molecule has 4 aromatic rings. The van der Waals surface area contributed by atoms with Crippen LogP contribution in [-0.2, 0) is 24.8 Å². The topological polar surface area (TPSA) is 135 Å². The predicted octanol–water partition coefficient (Wildman–Crippen LogP) is 3.73. The van der Waals surface area contributed by atoms with Crippen LogP contribution in [0.5, 0.6) is 5.75 Å². The summed E-state index contributed by atoms with van der Waals surface area (Å²) < 4.78 is 60.9. The summed E-state index contributed by atoms with van der Waals surface area (Å²) in [5.41, 5.74) is 0.472. The number of pyridine rings is 1. The number of rotatable bonds is 10. The summed E-state index contributed by atoms with van der Waals surface area (Å²) in [7, 11) is -6.62. The number of carbonyl (C=O) groups excluding carboxylic acids is 1. The van der Waals surface area contributed by atoms with Gasteiger partial charge in [-0.2, -0.15) is 0 Å². The Morgan fingerprint density at radius 3 is 2.13 bits per heavy atom. The highest BCUT2D eigenvalue weighted by molar-refractivity contribution is 7.93. The maximum atomic E-state index is 13.5. The second-order valence-electron chi connectivity index (χ2n) is 7.89. The molecule has 1 heterocycles. The van der Waals surface area contributed by atoms with Gasteiger partial charge in [0.1, 0.15) is 18.1 Å². The third kappa shape index (κ3) is 6.10. The third-order valence-electron chi connectivity index (χ3n) is 5.32. The van der Waals surface area contributed by atoms with E-state index >= 15 is 0 Å². The van der Waals surface area contributed by atoms with Crippen molar-refractivity contribution in [2.75, 3.05) is 28.0 Å². The van der Waals surface area contributed by atoms with Crippen molar-refractivity contribution in [3.05, 3.63) is 103 Å². The molecule has 0 fully saturated rings. The normalized spacial score (nSPS) is 11.4. The molecule has 0 radical (unpaired) electrons. The first kappa shape index (κ1) is 26.6. The number of methoxy groups -OCH3 is 1. The fraction of sp³-hybridized carbons (Fsp3) is 0.0769. The summed E-state index contributed by atoms with van der Waals surface area (Å²) in [5.74, 6) is -0.201. The zero-order valence-electron chi connectivity index (χ0n) is 20.2. The molecule has 1 aromatic heterocycles. The Morgan fingerprint density at radius 1 is 0.816 bits per heavy atom. The number of benzene rings is 3. The number of amides is 1. The van der Waals surface area contributed by atoms with Gasteiger partial charge in [-0.05, 0) is 60.7 Å². The molecule has 10 nitrogen and oxygen atoms in total. The average Bonchev–Trinajstić information content (AvgIpc) is 2.93. The van der Waals surface area contributed by atoms with E-state index < -0.39 is 32.5 Å². The van der Waals surface area contributed by atoms with Gasteiger partial charge < -0.3 is 10.1 Å². The molecule has 38 heavy (non-hydrogen) atoms. The van der Waals surface area contributed by atoms with Gasteiger partial charge in [0.2, 0.25) is 5.91 Å². The lowest BCUT2D eigenvalue weighted by atomic mass is 10.3. The SMILES string of the molecule is COc1ccccc1N(CC(=O)Nc1ccc(S(=O)(=O)Nc2ccccn2)cc1)S(=O)(=O)c1ccccc1. The number of aromatic nitrogens is 1. The molecule has 0 saturated heterocycles. The summed E-state index contributed by atoms with van der Waals surface area (Å²) in [5, 5.41) is 2.62. The van der Waals surface area contributed by atoms with E-state index in [0.29, 0.717) is 0 Å². The van der Waals surface area contributed by atoms with Crippen LogP contribution in [0.2, 0.25) is 0 Å². The lowest BCUT2D eigenvalue weighted by molar-refractivity contribution is -0.114. The van der Waals surface area contributed by atoms with Crippen molar-refractivity contribution in [2.24, 2.45) is 0 Å². The minimum atomic E-state index is -4.13. The first-order valence-electron chi connectivity index (χ1n) is 11.3. The van der Waals surface area contributed by atoms with Crippen molar-refractivity contribution in [2.45, 2.75) is 9.79 Å². The summed E-state index contributed by atoms with van der Waals surface area (Å²) >= 11 is 0. The van der Waals surface area contributed by atoms with Crippen LogP contribution in [0.3, 0.4) is 0 Å². The Kier molecular flexibility index (Phi) is 7.93. The molecule has 0 aliphatic rings. The molecule has 196 valence electrons. The van der Waals surface area contributed by atoms with Crippen LogP contribution in [0.4, 0.5) is 17.2 Å². The molecule has 0 atom stereocenters. The zero-order chi connectivity index (χ0) is 27.2. The van der Waals surface area contributed by atoms with Crippen molar-refractivity contribution in [3.63, 3.8) is 0 Å². The summed E-state index contributed by atoms with van der Waals surface area (Å²) in [6.07, 6.45) is 1.46. The number of hydrogen-bond acceptors (Lipinski definition) is 7. The van der Waals surface area contributed by atoms with E-state index in [1.54, 1.807) is 54.6 Å². The van der Waals surface area contributed by atoms with Crippen LogP contribution in [-0.4, -0.2) is 41.4 Å². The lowest BCUT2D eigenvalue weighted by Crippen LogP contribution is -2.38. The Labute approximate surface area is 221 Å². The number of nitrogens with one attached hydrogen (secondary N) is 2. The lowest BCUT2D eigenvalue weighted by Gasteiger charge is -2.25. The molecule has 0 aliphatic heterocycles. The molecule has 0 saturated carbocycles. The van der Waals surface area contributed by atoms with E-state index in [2.05, 4.69) is 15.0 Å². The number of para-hydroxylation sites is 2. The quantitative estimate of drug-likeness (QED) is 0.306. The smallest absolute Gasteiger partial charge is 0.264 e. The molecule has 12 heteroatoms. The molecule has 3 aromatic carbocycles. The molecule has 4 rings (SSSR count). The summed E-state index contributed by atoms with van der Waals surface area (Å²) in [6, 6.07) is 24.5. The van der Waals surface area contributed by atoms with Crippen molar-refractivity contribution >= 4 is 43.1 Å². The van der Waals surface area contributed by atoms with Crippen LogP contribution < -0.4 is 19.1 Å². The van der Waals surface area contributed by atoms with Gasteiger partial charge >= 0.3 is 0 Å². The van der Waals surface area contributed by atoms with Crippen LogP contribution in [0, 0.1) is 0 Å². The van der Waals surface area contributed by atoms with E-state index in [9.17, 15) is 21.6 Å². The number of nitrogens with zero attached hydrogens (tertiary/aromatic N) is 2. The second-order valence-corrected chi connectivity index (χ2v) is 11.4. The third-order valence-corrected chi connectivity index (χ3v) is 8.47. The minimum absolute atomic E-state index is 0.00803. The van der Waals surface area contributed by atoms with Crippen LogP contribution in [0.25, 0.3) is 0 Å². The zero-order valence-corrected chi connectivity index (χ0v) is 21.8. The highest BCUT2D eigenvalue weighted by Crippen LogP contribution is 2.32. The van der Waals surface area contributed by atoms with E-state index in [-0.39, 0.29) is 32.7 Å². The fourth-order valence-electron chi connectivity index (χ4n) is 3.52.